The first kappa shape index (κ1) is 10.2. The highest BCUT2D eigenvalue weighted by molar-refractivity contribution is 5.99. The van der Waals surface area contributed by atoms with E-state index >= 15 is 0 Å². The number of hydrogen-bond donors (Lipinski definition) is 2. The van der Waals surface area contributed by atoms with Crippen molar-refractivity contribution in [2.45, 2.75) is 0 Å². The number of nitrogens with one attached hydrogen (secondary N) is 1. The van der Waals surface area contributed by atoms with Gasteiger partial charge >= 0.3 is 0 Å². The van der Waals surface area contributed by atoms with E-state index in [-0.39, 0.29) is 0 Å². The molecular weight excluding hydrogens is 202 g/mol. The van der Waals surface area contributed by atoms with Gasteiger partial charge in [0, 0.05) is 6.20 Å². The SMILES string of the molecule is NC(=O)c1ccccc1Nc1ccccn1. The molecule has 0 atom stereocenters. The minimum atomic E-state index is -0.459. The van der Waals surface area contributed by atoms with Crippen LogP contribution in [0.5, 0.6) is 0 Å². The number of nitrogens with two attached hydrogens (primary N) is 1. The number of hydrogen-bond acceptors (Lipinski definition) is 3. The van der Waals surface area contributed by atoms with E-state index in [1.165, 1.54) is 0 Å². The number of pyridine rings is 1. The molecule has 1 aromatic heterocycles. The Labute approximate surface area is 93.1 Å². The van der Waals surface area contributed by atoms with Crippen LogP contribution < -0.4 is 11.1 Å². The maximum absolute atomic E-state index is 11.2. The summed E-state index contributed by atoms with van der Waals surface area (Å²) in [6.45, 7) is 0. The second-order valence-corrected chi connectivity index (χ2v) is 3.25. The van der Waals surface area contributed by atoms with Crippen LogP contribution in [0, 0.1) is 0 Å². The zero-order valence-electron chi connectivity index (χ0n) is 8.55. The molecule has 0 saturated heterocycles. The number of carbonyl (C=O) groups is 1. The molecule has 0 saturated carbocycles. The molecule has 0 radical (unpaired) electrons. The maximum Gasteiger partial charge on any atom is 0.250 e. The lowest BCUT2D eigenvalue weighted by atomic mass is 10.1. The standard InChI is InChI=1S/C12H11N3O/c13-12(16)9-5-1-2-6-10(9)15-11-7-3-4-8-14-11/h1-8H,(H2,13,16)(H,14,15). The Morgan fingerprint density at radius 2 is 1.88 bits per heavy atom. The molecule has 0 bridgehead atoms. The number of primary amides is 1. The molecule has 4 nitrogen and oxygen atoms in total. The Morgan fingerprint density at radius 1 is 1.12 bits per heavy atom. The van der Waals surface area contributed by atoms with E-state index in [0.29, 0.717) is 17.1 Å². The van der Waals surface area contributed by atoms with Gasteiger partial charge in [0.1, 0.15) is 5.82 Å². The number of amides is 1. The van der Waals surface area contributed by atoms with Gasteiger partial charge in [-0.1, -0.05) is 18.2 Å². The number of aromatic nitrogens is 1. The Bertz CT molecular complexity index is 497. The number of anilines is 2. The molecule has 1 amide bonds. The molecule has 0 aliphatic heterocycles. The van der Waals surface area contributed by atoms with Gasteiger partial charge in [0.05, 0.1) is 11.3 Å². The van der Waals surface area contributed by atoms with Gasteiger partial charge in [-0.2, -0.15) is 0 Å². The van der Waals surface area contributed by atoms with Crippen molar-refractivity contribution in [3.05, 3.63) is 54.2 Å². The highest BCUT2D eigenvalue weighted by Gasteiger charge is 2.06. The van der Waals surface area contributed by atoms with Crippen molar-refractivity contribution >= 4 is 17.4 Å². The van der Waals surface area contributed by atoms with Gasteiger partial charge in [-0.15, -0.1) is 0 Å². The van der Waals surface area contributed by atoms with Crippen molar-refractivity contribution in [1.82, 2.24) is 4.98 Å². The minimum Gasteiger partial charge on any atom is -0.366 e. The number of benzene rings is 1. The van der Waals surface area contributed by atoms with Gasteiger partial charge in [-0.05, 0) is 24.3 Å². The Morgan fingerprint density at radius 3 is 2.56 bits per heavy atom. The fourth-order valence-corrected chi connectivity index (χ4v) is 1.38. The lowest BCUT2D eigenvalue weighted by Crippen LogP contribution is -2.13. The van der Waals surface area contributed by atoms with Crippen LogP contribution in [0.4, 0.5) is 11.5 Å². The molecule has 0 unspecified atom stereocenters. The van der Waals surface area contributed by atoms with Crippen LogP contribution in [-0.4, -0.2) is 10.9 Å². The first-order chi connectivity index (χ1) is 7.77. The highest BCUT2D eigenvalue weighted by Crippen LogP contribution is 2.18. The van der Waals surface area contributed by atoms with Gasteiger partial charge in [-0.25, -0.2) is 4.98 Å². The van der Waals surface area contributed by atoms with Gasteiger partial charge in [-0.3, -0.25) is 4.79 Å². The quantitative estimate of drug-likeness (QED) is 0.818. The molecule has 0 aliphatic rings. The molecule has 2 aromatic rings. The molecule has 3 N–H and O–H groups in total. The van der Waals surface area contributed by atoms with Gasteiger partial charge in [0.25, 0.3) is 5.91 Å². The predicted octanol–water partition coefficient (Wildman–Crippen LogP) is 1.92. The van der Waals surface area contributed by atoms with E-state index in [1.807, 2.05) is 24.3 Å². The summed E-state index contributed by atoms with van der Waals surface area (Å²) >= 11 is 0. The van der Waals surface area contributed by atoms with E-state index in [1.54, 1.807) is 24.4 Å². The summed E-state index contributed by atoms with van der Waals surface area (Å²) in [4.78, 5) is 15.3. The van der Waals surface area contributed by atoms with E-state index in [0.717, 1.165) is 0 Å². The molecule has 0 fully saturated rings. The summed E-state index contributed by atoms with van der Waals surface area (Å²) in [6, 6.07) is 12.6. The summed E-state index contributed by atoms with van der Waals surface area (Å²) in [5.41, 5.74) is 6.38. The average Bonchev–Trinajstić information content (AvgIpc) is 2.31. The van der Waals surface area contributed by atoms with Crippen LogP contribution in [0.25, 0.3) is 0 Å². The summed E-state index contributed by atoms with van der Waals surface area (Å²) in [5, 5.41) is 3.04. The number of nitrogens with zero attached hydrogens (tertiary/aromatic N) is 1. The van der Waals surface area contributed by atoms with Crippen molar-refractivity contribution in [1.29, 1.82) is 0 Å². The van der Waals surface area contributed by atoms with E-state index in [4.69, 9.17) is 5.73 Å². The predicted molar refractivity (Wildman–Crippen MR) is 62.5 cm³/mol. The lowest BCUT2D eigenvalue weighted by Gasteiger charge is -2.08. The van der Waals surface area contributed by atoms with E-state index < -0.39 is 5.91 Å². The third-order valence-corrected chi connectivity index (χ3v) is 2.12. The third-order valence-electron chi connectivity index (χ3n) is 2.12. The summed E-state index contributed by atoms with van der Waals surface area (Å²) in [7, 11) is 0. The third kappa shape index (κ3) is 2.17. The summed E-state index contributed by atoms with van der Waals surface area (Å²) < 4.78 is 0. The first-order valence-corrected chi connectivity index (χ1v) is 4.84. The number of para-hydroxylation sites is 1. The Balaban J connectivity index is 2.31. The zero-order valence-corrected chi connectivity index (χ0v) is 8.55. The average molecular weight is 213 g/mol. The van der Waals surface area contributed by atoms with Gasteiger partial charge < -0.3 is 11.1 Å². The lowest BCUT2D eigenvalue weighted by molar-refractivity contribution is 0.100. The smallest absolute Gasteiger partial charge is 0.250 e. The molecule has 0 spiro atoms. The minimum absolute atomic E-state index is 0.452. The van der Waals surface area contributed by atoms with Crippen LogP contribution >= 0.6 is 0 Å². The highest BCUT2D eigenvalue weighted by atomic mass is 16.1. The summed E-state index contributed by atoms with van der Waals surface area (Å²) in [5.74, 6) is 0.218. The van der Waals surface area contributed by atoms with Crippen molar-refractivity contribution in [3.63, 3.8) is 0 Å². The largest absolute Gasteiger partial charge is 0.366 e. The van der Waals surface area contributed by atoms with Crippen molar-refractivity contribution < 1.29 is 4.79 Å². The second-order valence-electron chi connectivity index (χ2n) is 3.25. The van der Waals surface area contributed by atoms with Crippen LogP contribution in [0.15, 0.2) is 48.7 Å². The van der Waals surface area contributed by atoms with Crippen molar-refractivity contribution in [3.8, 4) is 0 Å². The molecule has 2 rings (SSSR count). The topological polar surface area (TPSA) is 68.0 Å². The number of rotatable bonds is 3. The molecule has 1 heterocycles. The fourth-order valence-electron chi connectivity index (χ4n) is 1.38. The monoisotopic (exact) mass is 213 g/mol. The summed E-state index contributed by atoms with van der Waals surface area (Å²) in [6.07, 6.45) is 1.68. The van der Waals surface area contributed by atoms with E-state index in [9.17, 15) is 4.79 Å². The number of carbonyl (C=O) groups excluding carboxylic acids is 1. The molecule has 0 aliphatic carbocycles. The fraction of sp³-hybridized carbons (Fsp3) is 0. The van der Waals surface area contributed by atoms with Crippen LogP contribution in [0.1, 0.15) is 10.4 Å². The first-order valence-electron chi connectivity index (χ1n) is 4.84. The van der Waals surface area contributed by atoms with Crippen LogP contribution in [-0.2, 0) is 0 Å². The van der Waals surface area contributed by atoms with Gasteiger partial charge in [0.2, 0.25) is 0 Å². The molecule has 16 heavy (non-hydrogen) atoms. The van der Waals surface area contributed by atoms with Crippen molar-refractivity contribution in [2.75, 3.05) is 5.32 Å². The van der Waals surface area contributed by atoms with Crippen molar-refractivity contribution in [2.24, 2.45) is 5.73 Å². The van der Waals surface area contributed by atoms with E-state index in [2.05, 4.69) is 10.3 Å². The Hall–Kier alpha value is -2.36. The van der Waals surface area contributed by atoms with Gasteiger partial charge in [0.15, 0.2) is 0 Å². The second kappa shape index (κ2) is 4.44. The molecular formula is C12H11N3O. The Kier molecular flexibility index (Phi) is 2.82. The molecule has 80 valence electrons. The van der Waals surface area contributed by atoms with Crippen LogP contribution in [0.3, 0.4) is 0 Å². The molecule has 1 aromatic carbocycles. The normalized spacial score (nSPS) is 9.75. The zero-order chi connectivity index (χ0) is 11.4. The maximum atomic E-state index is 11.2. The van der Waals surface area contributed by atoms with Crippen LogP contribution in [0.2, 0.25) is 0 Å². The molecule has 4 heteroatoms.